The Morgan fingerprint density at radius 1 is 1.06 bits per heavy atom. The van der Waals surface area contributed by atoms with Crippen LogP contribution in [0.1, 0.15) is 28.8 Å². The summed E-state index contributed by atoms with van der Waals surface area (Å²) in [6.45, 7) is 3.89. The normalized spacial score (nSPS) is 19.2. The van der Waals surface area contributed by atoms with Gasteiger partial charge in [0.15, 0.2) is 17.3 Å². The SMILES string of the molecule is COc1ccc(C(=O)C2CCCN(Cc3ccc(N4CCNC4=O)cc3)C2)cc1OC. The number of Topliss-reactive ketones (excluding diaryl/α,β-unsaturated/α-hetero) is 1. The molecule has 0 aliphatic carbocycles. The number of ketones is 1. The summed E-state index contributed by atoms with van der Waals surface area (Å²) >= 11 is 0. The highest BCUT2D eigenvalue weighted by molar-refractivity contribution is 5.98. The summed E-state index contributed by atoms with van der Waals surface area (Å²) in [5.74, 6) is 1.33. The third kappa shape index (κ3) is 4.66. The Balaban J connectivity index is 1.39. The average Bonchev–Trinajstić information content (AvgIpc) is 3.24. The molecule has 2 aliphatic heterocycles. The molecule has 4 rings (SSSR count). The number of anilines is 1. The van der Waals surface area contributed by atoms with Crippen LogP contribution >= 0.6 is 0 Å². The number of nitrogens with zero attached hydrogens (tertiary/aromatic N) is 2. The first-order chi connectivity index (χ1) is 15.1. The number of urea groups is 1. The van der Waals surface area contributed by atoms with E-state index in [-0.39, 0.29) is 17.7 Å². The average molecular weight is 424 g/mol. The van der Waals surface area contributed by atoms with Gasteiger partial charge in [-0.3, -0.25) is 14.6 Å². The van der Waals surface area contributed by atoms with E-state index in [0.29, 0.717) is 30.2 Å². The number of methoxy groups -OCH3 is 2. The van der Waals surface area contributed by atoms with Gasteiger partial charge in [-0.05, 0) is 55.3 Å². The van der Waals surface area contributed by atoms with Crippen molar-refractivity contribution in [2.75, 3.05) is 45.3 Å². The highest BCUT2D eigenvalue weighted by Crippen LogP contribution is 2.30. The fraction of sp³-hybridized carbons (Fsp3) is 0.417. The molecule has 31 heavy (non-hydrogen) atoms. The Morgan fingerprint density at radius 3 is 2.52 bits per heavy atom. The van der Waals surface area contributed by atoms with Crippen molar-refractivity contribution < 1.29 is 19.1 Å². The van der Waals surface area contributed by atoms with Crippen LogP contribution in [0.2, 0.25) is 0 Å². The van der Waals surface area contributed by atoms with Crippen LogP contribution < -0.4 is 19.7 Å². The summed E-state index contributed by atoms with van der Waals surface area (Å²) in [7, 11) is 3.17. The molecule has 1 N–H and O–H groups in total. The Hall–Kier alpha value is -3.06. The topological polar surface area (TPSA) is 71.1 Å². The van der Waals surface area contributed by atoms with Crippen molar-refractivity contribution in [3.05, 3.63) is 53.6 Å². The maximum absolute atomic E-state index is 13.1. The van der Waals surface area contributed by atoms with Gasteiger partial charge in [-0.15, -0.1) is 0 Å². The van der Waals surface area contributed by atoms with Gasteiger partial charge >= 0.3 is 6.03 Å². The molecule has 2 aliphatic rings. The lowest BCUT2D eigenvalue weighted by Gasteiger charge is -2.32. The van der Waals surface area contributed by atoms with Crippen molar-refractivity contribution in [2.24, 2.45) is 5.92 Å². The molecular formula is C24H29N3O4. The number of hydrogen-bond donors (Lipinski definition) is 1. The highest BCUT2D eigenvalue weighted by atomic mass is 16.5. The molecule has 2 aromatic rings. The zero-order valence-electron chi connectivity index (χ0n) is 18.1. The lowest BCUT2D eigenvalue weighted by molar-refractivity contribution is 0.0811. The number of benzene rings is 2. The van der Waals surface area contributed by atoms with Crippen molar-refractivity contribution in [3.63, 3.8) is 0 Å². The van der Waals surface area contributed by atoms with Crippen molar-refractivity contribution in [1.82, 2.24) is 10.2 Å². The van der Waals surface area contributed by atoms with E-state index in [1.165, 1.54) is 5.56 Å². The lowest BCUT2D eigenvalue weighted by atomic mass is 9.89. The molecule has 0 spiro atoms. The molecule has 0 saturated carbocycles. The van der Waals surface area contributed by atoms with Crippen LogP contribution in [-0.2, 0) is 6.54 Å². The molecule has 1 atom stereocenters. The van der Waals surface area contributed by atoms with E-state index >= 15 is 0 Å². The molecule has 0 aromatic heterocycles. The molecule has 7 heteroatoms. The number of piperidine rings is 1. The first-order valence-corrected chi connectivity index (χ1v) is 10.7. The fourth-order valence-electron chi connectivity index (χ4n) is 4.40. The predicted octanol–water partition coefficient (Wildman–Crippen LogP) is 3.33. The lowest BCUT2D eigenvalue weighted by Crippen LogP contribution is -2.38. The summed E-state index contributed by atoms with van der Waals surface area (Å²) in [5, 5.41) is 2.82. The molecule has 2 amide bonds. The van der Waals surface area contributed by atoms with Crippen molar-refractivity contribution in [2.45, 2.75) is 19.4 Å². The van der Waals surface area contributed by atoms with E-state index in [4.69, 9.17) is 9.47 Å². The highest BCUT2D eigenvalue weighted by Gasteiger charge is 2.27. The number of carbonyl (C=O) groups is 2. The number of nitrogens with one attached hydrogen (secondary N) is 1. The second-order valence-corrected chi connectivity index (χ2v) is 8.06. The minimum Gasteiger partial charge on any atom is -0.493 e. The number of hydrogen-bond acceptors (Lipinski definition) is 5. The molecule has 2 heterocycles. The van der Waals surface area contributed by atoms with E-state index in [2.05, 4.69) is 22.3 Å². The van der Waals surface area contributed by atoms with E-state index < -0.39 is 0 Å². The largest absolute Gasteiger partial charge is 0.493 e. The Labute approximate surface area is 182 Å². The van der Waals surface area contributed by atoms with Crippen LogP contribution in [0.4, 0.5) is 10.5 Å². The molecule has 0 radical (unpaired) electrons. The summed E-state index contributed by atoms with van der Waals surface area (Å²) in [5.41, 5.74) is 2.76. The maximum Gasteiger partial charge on any atom is 0.321 e. The van der Waals surface area contributed by atoms with Crippen LogP contribution in [-0.4, -0.2) is 57.1 Å². The summed E-state index contributed by atoms with van der Waals surface area (Å²) in [6, 6.07) is 13.5. The van der Waals surface area contributed by atoms with Gasteiger partial charge in [-0.2, -0.15) is 0 Å². The summed E-state index contributed by atoms with van der Waals surface area (Å²) < 4.78 is 10.6. The maximum atomic E-state index is 13.1. The van der Waals surface area contributed by atoms with Crippen LogP contribution in [0.15, 0.2) is 42.5 Å². The Bertz CT molecular complexity index is 944. The van der Waals surface area contributed by atoms with Gasteiger partial charge in [0.25, 0.3) is 0 Å². The van der Waals surface area contributed by atoms with Gasteiger partial charge in [-0.25, -0.2) is 4.79 Å². The molecule has 2 saturated heterocycles. The molecule has 7 nitrogen and oxygen atoms in total. The second-order valence-electron chi connectivity index (χ2n) is 8.06. The monoisotopic (exact) mass is 423 g/mol. The molecule has 0 bridgehead atoms. The number of likely N-dealkylation sites (tertiary alicyclic amines) is 1. The summed E-state index contributed by atoms with van der Waals surface area (Å²) in [4.78, 5) is 29.0. The van der Waals surface area contributed by atoms with Gasteiger partial charge < -0.3 is 14.8 Å². The predicted molar refractivity (Wildman–Crippen MR) is 119 cm³/mol. The molecule has 164 valence electrons. The first kappa shape index (κ1) is 21.2. The third-order valence-electron chi connectivity index (χ3n) is 6.06. The number of ether oxygens (including phenoxy) is 2. The van der Waals surface area contributed by atoms with Crippen LogP contribution in [0.25, 0.3) is 0 Å². The van der Waals surface area contributed by atoms with E-state index in [9.17, 15) is 9.59 Å². The van der Waals surface area contributed by atoms with Gasteiger partial charge in [0.2, 0.25) is 0 Å². The van der Waals surface area contributed by atoms with Crippen LogP contribution in [0.3, 0.4) is 0 Å². The molecular weight excluding hydrogens is 394 g/mol. The second kappa shape index (κ2) is 9.39. The molecule has 2 aromatic carbocycles. The standard InChI is InChI=1S/C24H29N3O4/c1-30-21-10-7-18(14-22(21)31-2)23(28)19-4-3-12-26(16-19)15-17-5-8-20(9-6-17)27-13-11-25-24(27)29/h5-10,14,19H,3-4,11-13,15-16H2,1-2H3,(H,25,29). The first-order valence-electron chi connectivity index (χ1n) is 10.7. The number of amides is 2. The fourth-order valence-corrected chi connectivity index (χ4v) is 4.40. The third-order valence-corrected chi connectivity index (χ3v) is 6.06. The smallest absolute Gasteiger partial charge is 0.321 e. The molecule has 2 fully saturated rings. The van der Waals surface area contributed by atoms with E-state index in [1.54, 1.807) is 31.3 Å². The van der Waals surface area contributed by atoms with E-state index in [1.807, 2.05) is 18.2 Å². The quantitative estimate of drug-likeness (QED) is 0.692. The van der Waals surface area contributed by atoms with Gasteiger partial charge in [0, 0.05) is 43.3 Å². The number of rotatable bonds is 7. The zero-order chi connectivity index (χ0) is 21.8. The van der Waals surface area contributed by atoms with Gasteiger partial charge in [-0.1, -0.05) is 12.1 Å². The van der Waals surface area contributed by atoms with Crippen molar-refractivity contribution >= 4 is 17.5 Å². The Morgan fingerprint density at radius 2 is 1.84 bits per heavy atom. The van der Waals surface area contributed by atoms with Crippen molar-refractivity contribution in [1.29, 1.82) is 0 Å². The van der Waals surface area contributed by atoms with E-state index in [0.717, 1.165) is 38.2 Å². The molecule has 1 unspecified atom stereocenters. The van der Waals surface area contributed by atoms with Crippen LogP contribution in [0, 0.1) is 5.92 Å². The van der Waals surface area contributed by atoms with Crippen molar-refractivity contribution in [3.8, 4) is 11.5 Å². The minimum atomic E-state index is -0.0414. The zero-order valence-corrected chi connectivity index (χ0v) is 18.1. The van der Waals surface area contributed by atoms with Crippen LogP contribution in [0.5, 0.6) is 11.5 Å². The van der Waals surface area contributed by atoms with Gasteiger partial charge in [0.1, 0.15) is 0 Å². The van der Waals surface area contributed by atoms with Gasteiger partial charge in [0.05, 0.1) is 14.2 Å². The Kier molecular flexibility index (Phi) is 6.42. The number of carbonyl (C=O) groups excluding carboxylic acids is 2. The minimum absolute atomic E-state index is 0.0283. The summed E-state index contributed by atoms with van der Waals surface area (Å²) in [6.07, 6.45) is 1.89.